The van der Waals surface area contributed by atoms with E-state index in [-0.39, 0.29) is 0 Å². The molecule has 1 nitrogen and oxygen atoms in total. The zero-order chi connectivity index (χ0) is 7.84. The van der Waals surface area contributed by atoms with Crippen LogP contribution in [0.3, 0.4) is 0 Å². The van der Waals surface area contributed by atoms with E-state index in [1.54, 1.807) is 0 Å². The van der Waals surface area contributed by atoms with E-state index in [1.165, 1.54) is 32.1 Å². The van der Waals surface area contributed by atoms with Gasteiger partial charge in [0.25, 0.3) is 0 Å². The lowest BCUT2D eigenvalue weighted by Crippen LogP contribution is -2.37. The Bertz CT molecular complexity index is 110. The summed E-state index contributed by atoms with van der Waals surface area (Å²) in [5.74, 6) is 2.94. The van der Waals surface area contributed by atoms with Gasteiger partial charge in [-0.15, -0.1) is 0 Å². The van der Waals surface area contributed by atoms with Crippen LogP contribution >= 0.6 is 0 Å². The van der Waals surface area contributed by atoms with Crippen molar-refractivity contribution in [2.75, 3.05) is 0 Å². The topological polar surface area (TPSA) is 26.0 Å². The maximum Gasteiger partial charge on any atom is 0.00441 e. The Labute approximate surface area is 69.4 Å². The molecule has 0 heterocycles. The van der Waals surface area contributed by atoms with Crippen LogP contribution in [0.5, 0.6) is 0 Å². The number of hydrogen-bond acceptors (Lipinski definition) is 1. The van der Waals surface area contributed by atoms with Crippen LogP contribution in [-0.2, 0) is 0 Å². The van der Waals surface area contributed by atoms with Gasteiger partial charge in [-0.1, -0.05) is 6.92 Å². The lowest BCUT2D eigenvalue weighted by molar-refractivity contribution is 0.131. The maximum atomic E-state index is 5.97. The van der Waals surface area contributed by atoms with Gasteiger partial charge in [0, 0.05) is 6.04 Å². The molecule has 0 amide bonds. The number of fused-ring (bicyclic) bond motifs is 2. The predicted octanol–water partition coefficient (Wildman–Crippen LogP) is 2.16. The van der Waals surface area contributed by atoms with Gasteiger partial charge in [0.15, 0.2) is 0 Å². The molecule has 2 rings (SSSR count). The summed E-state index contributed by atoms with van der Waals surface area (Å²) in [6, 6.07) is 0.534. The Morgan fingerprint density at radius 1 is 0.909 bits per heavy atom. The molecule has 1 heteroatoms. The molecular formula is C10H19N. The second-order valence-corrected chi connectivity index (χ2v) is 4.78. The summed E-state index contributed by atoms with van der Waals surface area (Å²) in [6.45, 7) is 2.40. The molecule has 2 N–H and O–H groups in total. The molecule has 2 fully saturated rings. The lowest BCUT2D eigenvalue weighted by atomic mass is 9.67. The Morgan fingerprint density at radius 2 is 1.45 bits per heavy atom. The van der Waals surface area contributed by atoms with E-state index in [9.17, 15) is 0 Å². The van der Waals surface area contributed by atoms with E-state index in [0.717, 1.165) is 17.8 Å². The Kier molecular flexibility index (Phi) is 1.92. The fraction of sp³-hybridized carbons (Fsp3) is 1.00. The lowest BCUT2D eigenvalue weighted by Gasteiger charge is -2.40. The van der Waals surface area contributed by atoms with Gasteiger partial charge in [0.2, 0.25) is 0 Å². The van der Waals surface area contributed by atoms with Crippen LogP contribution in [0, 0.1) is 17.8 Å². The summed E-state index contributed by atoms with van der Waals surface area (Å²) in [5, 5.41) is 0. The molecule has 0 aromatic carbocycles. The van der Waals surface area contributed by atoms with Gasteiger partial charge in [-0.25, -0.2) is 0 Å². The van der Waals surface area contributed by atoms with Gasteiger partial charge in [0.05, 0.1) is 0 Å². The zero-order valence-corrected chi connectivity index (χ0v) is 7.42. The molecule has 2 unspecified atom stereocenters. The average molecular weight is 153 g/mol. The van der Waals surface area contributed by atoms with Crippen molar-refractivity contribution < 1.29 is 0 Å². The van der Waals surface area contributed by atoms with E-state index in [0.29, 0.717) is 6.04 Å². The molecule has 0 aromatic heterocycles. The van der Waals surface area contributed by atoms with E-state index in [4.69, 9.17) is 5.73 Å². The Balaban J connectivity index is 2.00. The van der Waals surface area contributed by atoms with Gasteiger partial charge in [-0.3, -0.25) is 0 Å². The summed E-state index contributed by atoms with van der Waals surface area (Å²) in [5.41, 5.74) is 5.97. The standard InChI is InChI=1S/C10H19N/c1-7-2-8-4-9(3-7)6-10(11)5-8/h7-10H,2-6,11H2,1H3. The maximum absolute atomic E-state index is 5.97. The fourth-order valence-corrected chi connectivity index (χ4v) is 3.24. The largest absolute Gasteiger partial charge is 0.328 e. The van der Waals surface area contributed by atoms with Crippen LogP contribution in [0.4, 0.5) is 0 Å². The summed E-state index contributed by atoms with van der Waals surface area (Å²) in [6.07, 6.45) is 6.99. The first kappa shape index (κ1) is 7.60. The van der Waals surface area contributed by atoms with Crippen molar-refractivity contribution in [1.82, 2.24) is 0 Å². The second-order valence-electron chi connectivity index (χ2n) is 4.78. The van der Waals surface area contributed by atoms with Crippen LogP contribution in [-0.4, -0.2) is 6.04 Å². The van der Waals surface area contributed by atoms with Crippen LogP contribution < -0.4 is 5.73 Å². The summed E-state index contributed by atoms with van der Waals surface area (Å²) < 4.78 is 0. The molecule has 2 bridgehead atoms. The number of rotatable bonds is 0. The van der Waals surface area contributed by atoms with Crippen LogP contribution in [0.2, 0.25) is 0 Å². The van der Waals surface area contributed by atoms with Crippen LogP contribution in [0.1, 0.15) is 39.0 Å². The Hall–Kier alpha value is -0.0400. The first-order valence-corrected chi connectivity index (χ1v) is 4.99. The molecule has 64 valence electrons. The van der Waals surface area contributed by atoms with Gasteiger partial charge in [0.1, 0.15) is 0 Å². The monoisotopic (exact) mass is 153 g/mol. The highest BCUT2D eigenvalue weighted by Gasteiger charge is 2.32. The average Bonchev–Trinajstić information content (AvgIpc) is 1.82. The van der Waals surface area contributed by atoms with E-state index < -0.39 is 0 Å². The first-order chi connectivity index (χ1) is 5.24. The highest BCUT2D eigenvalue weighted by molar-refractivity contribution is 4.86. The summed E-state index contributed by atoms with van der Waals surface area (Å²) in [7, 11) is 0. The first-order valence-electron chi connectivity index (χ1n) is 4.99. The minimum Gasteiger partial charge on any atom is -0.328 e. The predicted molar refractivity (Wildman–Crippen MR) is 47.2 cm³/mol. The molecule has 2 aliphatic carbocycles. The highest BCUT2D eigenvalue weighted by Crippen LogP contribution is 2.41. The third-order valence-corrected chi connectivity index (χ3v) is 3.41. The third kappa shape index (κ3) is 1.58. The highest BCUT2D eigenvalue weighted by atomic mass is 14.7. The minimum absolute atomic E-state index is 0.534. The van der Waals surface area contributed by atoms with Crippen LogP contribution in [0.15, 0.2) is 0 Å². The smallest absolute Gasteiger partial charge is 0.00441 e. The summed E-state index contributed by atoms with van der Waals surface area (Å²) in [4.78, 5) is 0. The molecular weight excluding hydrogens is 134 g/mol. The molecule has 0 aliphatic heterocycles. The molecule has 2 atom stereocenters. The molecule has 2 saturated carbocycles. The normalized spacial score (nSPS) is 50.7. The van der Waals surface area contributed by atoms with E-state index in [2.05, 4.69) is 6.92 Å². The molecule has 0 saturated heterocycles. The van der Waals surface area contributed by atoms with E-state index in [1.807, 2.05) is 0 Å². The SMILES string of the molecule is CC1CC2CC(N)CC(C1)C2. The fourth-order valence-electron chi connectivity index (χ4n) is 3.24. The molecule has 11 heavy (non-hydrogen) atoms. The number of hydrogen-bond donors (Lipinski definition) is 1. The zero-order valence-electron chi connectivity index (χ0n) is 7.42. The van der Waals surface area contributed by atoms with Crippen molar-refractivity contribution in [2.45, 2.75) is 45.1 Å². The summed E-state index contributed by atoms with van der Waals surface area (Å²) >= 11 is 0. The van der Waals surface area contributed by atoms with Gasteiger partial charge in [-0.2, -0.15) is 0 Å². The van der Waals surface area contributed by atoms with Crippen LogP contribution in [0.25, 0.3) is 0 Å². The second kappa shape index (κ2) is 2.78. The molecule has 2 aliphatic rings. The molecule has 0 spiro atoms. The Morgan fingerprint density at radius 3 is 2.00 bits per heavy atom. The van der Waals surface area contributed by atoms with Crippen molar-refractivity contribution in [1.29, 1.82) is 0 Å². The van der Waals surface area contributed by atoms with Crippen molar-refractivity contribution in [2.24, 2.45) is 23.5 Å². The molecule has 0 aromatic rings. The van der Waals surface area contributed by atoms with Crippen molar-refractivity contribution in [3.63, 3.8) is 0 Å². The van der Waals surface area contributed by atoms with Crippen molar-refractivity contribution in [3.05, 3.63) is 0 Å². The van der Waals surface area contributed by atoms with Gasteiger partial charge >= 0.3 is 0 Å². The third-order valence-electron chi connectivity index (χ3n) is 3.41. The van der Waals surface area contributed by atoms with E-state index >= 15 is 0 Å². The van der Waals surface area contributed by atoms with Gasteiger partial charge in [-0.05, 0) is 49.9 Å². The minimum atomic E-state index is 0.534. The van der Waals surface area contributed by atoms with Crippen molar-refractivity contribution >= 4 is 0 Å². The van der Waals surface area contributed by atoms with Crippen molar-refractivity contribution in [3.8, 4) is 0 Å². The molecule has 0 radical (unpaired) electrons. The quantitative estimate of drug-likeness (QED) is 0.567. The number of nitrogens with two attached hydrogens (primary N) is 1. The van der Waals surface area contributed by atoms with Gasteiger partial charge < -0.3 is 5.73 Å².